The number of amides is 1. The molecule has 1 rings (SSSR count). The molecule has 0 aliphatic rings. The zero-order chi connectivity index (χ0) is 16.5. The highest BCUT2D eigenvalue weighted by Gasteiger charge is 2.15. The van der Waals surface area contributed by atoms with Gasteiger partial charge in [0.2, 0.25) is 5.91 Å². The normalized spacial score (nSPS) is 11.7. The number of carbonyl (C=O) groups is 3. The Morgan fingerprint density at radius 2 is 1.77 bits per heavy atom. The second-order valence-electron chi connectivity index (χ2n) is 5.35. The molecule has 0 bridgehead atoms. The molecule has 120 valence electrons. The Kier molecular flexibility index (Phi) is 7.29. The molecule has 0 fully saturated rings. The Morgan fingerprint density at radius 1 is 1.14 bits per heavy atom. The van der Waals surface area contributed by atoms with E-state index in [4.69, 9.17) is 5.11 Å². The molecule has 0 radical (unpaired) electrons. The first-order chi connectivity index (χ1) is 10.4. The van der Waals surface area contributed by atoms with Crippen molar-refractivity contribution in [3.8, 4) is 0 Å². The van der Waals surface area contributed by atoms with Crippen molar-refractivity contribution in [2.75, 3.05) is 0 Å². The van der Waals surface area contributed by atoms with E-state index in [-0.39, 0.29) is 18.6 Å². The highest BCUT2D eigenvalue weighted by Crippen LogP contribution is 2.10. The van der Waals surface area contributed by atoms with Gasteiger partial charge in [-0.25, -0.2) is 0 Å². The Balaban J connectivity index is 2.45. The van der Waals surface area contributed by atoms with Crippen LogP contribution in [0.15, 0.2) is 24.3 Å². The smallest absolute Gasteiger partial charge is 0.325 e. The van der Waals surface area contributed by atoms with Gasteiger partial charge in [0.15, 0.2) is 5.78 Å². The Labute approximate surface area is 130 Å². The van der Waals surface area contributed by atoms with Crippen molar-refractivity contribution in [2.45, 2.75) is 52.0 Å². The summed E-state index contributed by atoms with van der Waals surface area (Å²) in [4.78, 5) is 34.2. The lowest BCUT2D eigenvalue weighted by Gasteiger charge is -2.09. The van der Waals surface area contributed by atoms with Crippen LogP contribution >= 0.6 is 0 Å². The molecule has 0 aliphatic carbocycles. The molecule has 22 heavy (non-hydrogen) atoms. The third-order valence-corrected chi connectivity index (χ3v) is 3.42. The fourth-order valence-corrected chi connectivity index (χ4v) is 1.98. The molecule has 0 unspecified atom stereocenters. The third-order valence-electron chi connectivity index (χ3n) is 3.42. The van der Waals surface area contributed by atoms with Gasteiger partial charge < -0.3 is 10.4 Å². The van der Waals surface area contributed by atoms with E-state index < -0.39 is 17.9 Å². The maximum Gasteiger partial charge on any atom is 0.325 e. The van der Waals surface area contributed by atoms with Crippen LogP contribution in [0.1, 0.15) is 55.5 Å². The van der Waals surface area contributed by atoms with E-state index in [1.165, 1.54) is 12.5 Å². The largest absolute Gasteiger partial charge is 0.480 e. The molecule has 1 aromatic rings. The number of carboxylic acid groups (broad SMARTS) is 1. The molecule has 1 amide bonds. The van der Waals surface area contributed by atoms with Gasteiger partial charge in [0.1, 0.15) is 6.04 Å². The summed E-state index contributed by atoms with van der Waals surface area (Å²) >= 11 is 0. The minimum absolute atomic E-state index is 0.00591. The number of carboxylic acids is 1. The van der Waals surface area contributed by atoms with Crippen LogP contribution in [-0.4, -0.2) is 28.8 Å². The van der Waals surface area contributed by atoms with Crippen molar-refractivity contribution in [1.82, 2.24) is 5.32 Å². The zero-order valence-electron chi connectivity index (χ0n) is 13.1. The van der Waals surface area contributed by atoms with Crippen LogP contribution in [0, 0.1) is 0 Å². The van der Waals surface area contributed by atoms with Crippen molar-refractivity contribution >= 4 is 17.7 Å². The summed E-state index contributed by atoms with van der Waals surface area (Å²) in [5, 5.41) is 11.0. The molecule has 2 N–H and O–H groups in total. The number of aryl methyl sites for hydroxylation is 1. The number of nitrogens with one attached hydrogen (secondary N) is 1. The second-order valence-corrected chi connectivity index (χ2v) is 5.35. The van der Waals surface area contributed by atoms with Crippen molar-refractivity contribution < 1.29 is 19.5 Å². The summed E-state index contributed by atoms with van der Waals surface area (Å²) in [7, 11) is 0. The average molecular weight is 305 g/mol. The lowest BCUT2D eigenvalue weighted by molar-refractivity contribution is -0.141. The number of rotatable bonds is 9. The van der Waals surface area contributed by atoms with Crippen LogP contribution in [0.3, 0.4) is 0 Å². The summed E-state index contributed by atoms with van der Waals surface area (Å²) in [6.45, 7) is 3.52. The lowest BCUT2D eigenvalue weighted by atomic mass is 10.0. The van der Waals surface area contributed by atoms with Crippen LogP contribution < -0.4 is 5.32 Å². The summed E-state index contributed by atoms with van der Waals surface area (Å²) in [5.74, 6) is -1.63. The van der Waals surface area contributed by atoms with Gasteiger partial charge in [0.25, 0.3) is 0 Å². The average Bonchev–Trinajstić information content (AvgIpc) is 2.50. The molecular weight excluding hydrogens is 282 g/mol. The highest BCUT2D eigenvalue weighted by molar-refractivity contribution is 5.98. The Hall–Kier alpha value is -2.17. The van der Waals surface area contributed by atoms with E-state index in [1.54, 1.807) is 12.1 Å². The predicted molar refractivity (Wildman–Crippen MR) is 83.9 cm³/mol. The van der Waals surface area contributed by atoms with Crippen molar-refractivity contribution in [3.63, 3.8) is 0 Å². The van der Waals surface area contributed by atoms with Gasteiger partial charge in [0.05, 0.1) is 0 Å². The summed E-state index contributed by atoms with van der Waals surface area (Å²) in [6.07, 6.45) is 3.32. The standard InChI is InChI=1S/C17H23NO4/c1-3-4-5-13-6-8-14(9-7-13)15(19)10-11-16(20)18-12(2)17(21)22/h6-9,12H,3-5,10-11H2,1-2H3,(H,18,20)(H,21,22)/t12-/m1/s1. The second kappa shape index (κ2) is 8.97. The first-order valence-electron chi connectivity index (χ1n) is 7.58. The van der Waals surface area contributed by atoms with E-state index in [0.717, 1.165) is 19.3 Å². The summed E-state index contributed by atoms with van der Waals surface area (Å²) in [6, 6.07) is 6.50. The van der Waals surface area contributed by atoms with Gasteiger partial charge in [-0.2, -0.15) is 0 Å². The van der Waals surface area contributed by atoms with Crippen LogP contribution in [0.25, 0.3) is 0 Å². The number of aliphatic carboxylic acids is 1. The van der Waals surface area contributed by atoms with Crippen LogP contribution in [0.4, 0.5) is 0 Å². The van der Waals surface area contributed by atoms with E-state index in [2.05, 4.69) is 12.2 Å². The summed E-state index contributed by atoms with van der Waals surface area (Å²) in [5.41, 5.74) is 1.78. The quantitative estimate of drug-likeness (QED) is 0.687. The Bertz CT molecular complexity index is 522. The van der Waals surface area contributed by atoms with Crippen molar-refractivity contribution in [2.24, 2.45) is 0 Å². The monoisotopic (exact) mass is 305 g/mol. The van der Waals surface area contributed by atoms with Crippen LogP contribution in [0.2, 0.25) is 0 Å². The maximum atomic E-state index is 12.0. The minimum atomic E-state index is -1.10. The Morgan fingerprint density at radius 3 is 2.32 bits per heavy atom. The number of carbonyl (C=O) groups excluding carboxylic acids is 2. The molecule has 5 nitrogen and oxygen atoms in total. The van der Waals surface area contributed by atoms with Gasteiger partial charge in [0, 0.05) is 18.4 Å². The zero-order valence-corrected chi connectivity index (χ0v) is 13.1. The minimum Gasteiger partial charge on any atom is -0.480 e. The molecule has 0 heterocycles. The number of hydrogen-bond acceptors (Lipinski definition) is 3. The van der Waals surface area contributed by atoms with Gasteiger partial charge in [-0.1, -0.05) is 37.6 Å². The highest BCUT2D eigenvalue weighted by atomic mass is 16.4. The van der Waals surface area contributed by atoms with Crippen molar-refractivity contribution in [1.29, 1.82) is 0 Å². The fourth-order valence-electron chi connectivity index (χ4n) is 1.98. The number of ketones is 1. The molecule has 0 aliphatic heterocycles. The number of hydrogen-bond donors (Lipinski definition) is 2. The fraction of sp³-hybridized carbons (Fsp3) is 0.471. The molecule has 5 heteroatoms. The SMILES string of the molecule is CCCCc1ccc(C(=O)CCC(=O)N[C@H](C)C(=O)O)cc1. The van der Waals surface area contributed by atoms with Gasteiger partial charge in [-0.3, -0.25) is 14.4 Å². The lowest BCUT2D eigenvalue weighted by Crippen LogP contribution is -2.38. The first kappa shape index (κ1) is 17.9. The van der Waals surface area contributed by atoms with Crippen LogP contribution in [-0.2, 0) is 16.0 Å². The summed E-state index contributed by atoms with van der Waals surface area (Å²) < 4.78 is 0. The molecule has 1 aromatic carbocycles. The van der Waals surface area contributed by atoms with Gasteiger partial charge >= 0.3 is 5.97 Å². The third kappa shape index (κ3) is 6.08. The van der Waals surface area contributed by atoms with Gasteiger partial charge in [-0.15, -0.1) is 0 Å². The molecule has 0 aromatic heterocycles. The van der Waals surface area contributed by atoms with Gasteiger partial charge in [-0.05, 0) is 25.3 Å². The number of benzene rings is 1. The van der Waals surface area contributed by atoms with E-state index in [1.807, 2.05) is 12.1 Å². The van der Waals surface area contributed by atoms with Crippen LogP contribution in [0.5, 0.6) is 0 Å². The molecule has 0 spiro atoms. The van der Waals surface area contributed by atoms with E-state index >= 15 is 0 Å². The number of unbranched alkanes of at least 4 members (excludes halogenated alkanes) is 1. The topological polar surface area (TPSA) is 83.5 Å². The number of Topliss-reactive ketones (excluding diaryl/α,β-unsaturated/α-hetero) is 1. The molecular formula is C17H23NO4. The maximum absolute atomic E-state index is 12.0. The first-order valence-corrected chi connectivity index (χ1v) is 7.58. The molecule has 0 saturated carbocycles. The molecule has 1 atom stereocenters. The van der Waals surface area contributed by atoms with E-state index in [9.17, 15) is 14.4 Å². The molecule has 0 saturated heterocycles. The van der Waals surface area contributed by atoms with Crippen molar-refractivity contribution in [3.05, 3.63) is 35.4 Å². The predicted octanol–water partition coefficient (Wildman–Crippen LogP) is 2.58. The van der Waals surface area contributed by atoms with E-state index in [0.29, 0.717) is 5.56 Å².